The first kappa shape index (κ1) is 16.7. The largest absolute Gasteiger partial charge is 0.339 e. The number of rotatable bonds is 3. The topological polar surface area (TPSA) is 32.3 Å². The Morgan fingerprint density at radius 3 is 2.68 bits per heavy atom. The zero-order valence-electron chi connectivity index (χ0n) is 11.1. The van der Waals surface area contributed by atoms with E-state index in [9.17, 15) is 4.79 Å². The fourth-order valence-electron chi connectivity index (χ4n) is 2.43. The van der Waals surface area contributed by atoms with Gasteiger partial charge in [-0.3, -0.25) is 4.79 Å². The van der Waals surface area contributed by atoms with E-state index in [1.807, 2.05) is 36.2 Å². The highest BCUT2D eigenvalue weighted by atomic mass is 127. The third kappa shape index (κ3) is 4.61. The van der Waals surface area contributed by atoms with E-state index in [0.29, 0.717) is 0 Å². The number of hydrogen-bond acceptors (Lipinski definition) is 2. The molecule has 0 atom stereocenters. The van der Waals surface area contributed by atoms with Crippen molar-refractivity contribution in [3.63, 3.8) is 0 Å². The molecular formula is C14H20ClIN2O. The Hall–Kier alpha value is -0.330. The van der Waals surface area contributed by atoms with Crippen molar-refractivity contribution in [1.29, 1.82) is 0 Å². The lowest BCUT2D eigenvalue weighted by Crippen LogP contribution is -2.40. The van der Waals surface area contributed by atoms with Gasteiger partial charge in [-0.2, -0.15) is 0 Å². The van der Waals surface area contributed by atoms with Gasteiger partial charge in [0.15, 0.2) is 0 Å². The van der Waals surface area contributed by atoms with Crippen molar-refractivity contribution in [2.45, 2.75) is 12.8 Å². The molecular weight excluding hydrogens is 375 g/mol. The van der Waals surface area contributed by atoms with Crippen LogP contribution >= 0.6 is 35.0 Å². The van der Waals surface area contributed by atoms with Crippen molar-refractivity contribution in [3.8, 4) is 0 Å². The van der Waals surface area contributed by atoms with E-state index < -0.39 is 0 Å². The lowest BCUT2D eigenvalue weighted by Gasteiger charge is -2.32. The van der Waals surface area contributed by atoms with Crippen molar-refractivity contribution in [2.75, 3.05) is 26.7 Å². The van der Waals surface area contributed by atoms with Crippen molar-refractivity contribution >= 4 is 40.9 Å². The summed E-state index contributed by atoms with van der Waals surface area (Å²) in [5.74, 6) is 0.895. The van der Waals surface area contributed by atoms with E-state index in [0.717, 1.165) is 47.5 Å². The first-order valence-electron chi connectivity index (χ1n) is 6.40. The number of hydrogen-bond donors (Lipinski definition) is 1. The van der Waals surface area contributed by atoms with Gasteiger partial charge < -0.3 is 10.2 Å². The van der Waals surface area contributed by atoms with Crippen LogP contribution in [0.2, 0.25) is 0 Å². The second-order valence-corrected chi connectivity index (χ2v) is 6.05. The zero-order chi connectivity index (χ0) is 13.0. The Bertz CT molecular complexity index is 420. The minimum absolute atomic E-state index is 0. The highest BCUT2D eigenvalue weighted by Gasteiger charge is 2.23. The first-order valence-corrected chi connectivity index (χ1v) is 7.48. The molecule has 1 aliphatic rings. The van der Waals surface area contributed by atoms with Gasteiger partial charge in [0, 0.05) is 22.2 Å². The number of nitrogens with zero attached hydrogens (tertiary/aromatic N) is 1. The highest BCUT2D eigenvalue weighted by Crippen LogP contribution is 2.19. The molecule has 5 heteroatoms. The normalized spacial score (nSPS) is 16.0. The number of benzene rings is 1. The number of carbonyl (C=O) groups excluding carboxylic acids is 1. The molecule has 106 valence electrons. The highest BCUT2D eigenvalue weighted by molar-refractivity contribution is 14.1. The Balaban J connectivity index is 0.00000180. The van der Waals surface area contributed by atoms with Gasteiger partial charge in [0.1, 0.15) is 0 Å². The molecule has 0 saturated carbocycles. The Kier molecular flexibility index (Phi) is 7.10. The molecule has 0 unspecified atom stereocenters. The number of likely N-dealkylation sites (tertiary alicyclic amines) is 1. The molecule has 0 radical (unpaired) electrons. The fraction of sp³-hybridized carbons (Fsp3) is 0.500. The average Bonchev–Trinajstić information content (AvgIpc) is 2.39. The second-order valence-electron chi connectivity index (χ2n) is 4.80. The van der Waals surface area contributed by atoms with Crippen LogP contribution in [0.3, 0.4) is 0 Å². The van der Waals surface area contributed by atoms with Gasteiger partial charge in [0.2, 0.25) is 0 Å². The smallest absolute Gasteiger partial charge is 0.253 e. The maximum atomic E-state index is 12.3. The number of nitrogens with one attached hydrogen (secondary N) is 1. The molecule has 1 amide bonds. The van der Waals surface area contributed by atoms with Crippen LogP contribution in [0.4, 0.5) is 0 Å². The van der Waals surface area contributed by atoms with Crippen LogP contribution in [-0.2, 0) is 0 Å². The summed E-state index contributed by atoms with van der Waals surface area (Å²) in [5.41, 5.74) is 0.814. The van der Waals surface area contributed by atoms with Gasteiger partial charge in [-0.1, -0.05) is 6.07 Å². The Morgan fingerprint density at radius 1 is 1.42 bits per heavy atom. The summed E-state index contributed by atoms with van der Waals surface area (Å²) >= 11 is 2.24. The SMILES string of the molecule is CNCC1CCN(C(=O)c2cccc(I)c2)CC1.Cl. The molecule has 1 saturated heterocycles. The molecule has 1 N–H and O–H groups in total. The van der Waals surface area contributed by atoms with Crippen molar-refractivity contribution < 1.29 is 4.79 Å². The minimum atomic E-state index is 0. The van der Waals surface area contributed by atoms with Crippen LogP contribution in [0.1, 0.15) is 23.2 Å². The lowest BCUT2D eigenvalue weighted by molar-refractivity contribution is 0.0691. The predicted molar refractivity (Wildman–Crippen MR) is 89.0 cm³/mol. The molecule has 3 nitrogen and oxygen atoms in total. The summed E-state index contributed by atoms with van der Waals surface area (Å²) in [6, 6.07) is 7.83. The molecule has 19 heavy (non-hydrogen) atoms. The quantitative estimate of drug-likeness (QED) is 0.800. The van der Waals surface area contributed by atoms with Gasteiger partial charge in [0.05, 0.1) is 0 Å². The standard InChI is InChI=1S/C14H19IN2O.ClH/c1-16-10-11-5-7-17(8-6-11)14(18)12-3-2-4-13(15)9-12;/h2-4,9,11,16H,5-8,10H2,1H3;1H. The molecule has 0 aromatic heterocycles. The molecule has 1 aromatic rings. The summed E-state index contributed by atoms with van der Waals surface area (Å²) in [6.45, 7) is 2.83. The van der Waals surface area contributed by atoms with E-state index in [1.165, 1.54) is 0 Å². The molecule has 1 aliphatic heterocycles. The molecule has 0 spiro atoms. The van der Waals surface area contributed by atoms with E-state index in [-0.39, 0.29) is 18.3 Å². The number of amides is 1. The van der Waals surface area contributed by atoms with E-state index in [4.69, 9.17) is 0 Å². The lowest BCUT2D eigenvalue weighted by atomic mass is 9.96. The first-order chi connectivity index (χ1) is 8.70. The number of halogens is 2. The van der Waals surface area contributed by atoms with E-state index in [1.54, 1.807) is 0 Å². The van der Waals surface area contributed by atoms with E-state index >= 15 is 0 Å². The van der Waals surface area contributed by atoms with E-state index in [2.05, 4.69) is 27.9 Å². The Labute approximate surface area is 134 Å². The second kappa shape index (κ2) is 8.07. The molecule has 2 rings (SSSR count). The van der Waals surface area contributed by atoms with Crippen LogP contribution in [0.25, 0.3) is 0 Å². The third-order valence-corrected chi connectivity index (χ3v) is 4.14. The van der Waals surface area contributed by atoms with Crippen molar-refractivity contribution in [3.05, 3.63) is 33.4 Å². The third-order valence-electron chi connectivity index (χ3n) is 3.47. The predicted octanol–water partition coefficient (Wildman–Crippen LogP) is 2.78. The summed E-state index contributed by atoms with van der Waals surface area (Å²) < 4.78 is 1.11. The average molecular weight is 395 g/mol. The van der Waals surface area contributed by atoms with Gasteiger partial charge in [-0.15, -0.1) is 12.4 Å². The maximum absolute atomic E-state index is 12.3. The van der Waals surface area contributed by atoms with Crippen LogP contribution in [0, 0.1) is 9.49 Å². The van der Waals surface area contributed by atoms with Gasteiger partial charge in [-0.05, 0) is 73.1 Å². The number of carbonyl (C=O) groups is 1. The molecule has 0 aliphatic carbocycles. The van der Waals surface area contributed by atoms with Gasteiger partial charge in [-0.25, -0.2) is 0 Å². The van der Waals surface area contributed by atoms with Gasteiger partial charge >= 0.3 is 0 Å². The van der Waals surface area contributed by atoms with Crippen molar-refractivity contribution in [1.82, 2.24) is 10.2 Å². The summed E-state index contributed by atoms with van der Waals surface area (Å²) in [4.78, 5) is 14.3. The fourth-order valence-corrected chi connectivity index (χ4v) is 2.98. The Morgan fingerprint density at radius 2 is 2.11 bits per heavy atom. The maximum Gasteiger partial charge on any atom is 0.253 e. The number of piperidine rings is 1. The van der Waals surface area contributed by atoms with Crippen molar-refractivity contribution in [2.24, 2.45) is 5.92 Å². The molecule has 0 bridgehead atoms. The van der Waals surface area contributed by atoms with Gasteiger partial charge in [0.25, 0.3) is 5.91 Å². The molecule has 1 heterocycles. The summed E-state index contributed by atoms with van der Waals surface area (Å²) in [5, 5.41) is 3.22. The minimum Gasteiger partial charge on any atom is -0.339 e. The summed E-state index contributed by atoms with van der Waals surface area (Å²) in [7, 11) is 1.99. The van der Waals surface area contributed by atoms with Crippen LogP contribution in [0.15, 0.2) is 24.3 Å². The summed E-state index contributed by atoms with van der Waals surface area (Å²) in [6.07, 6.45) is 2.22. The monoisotopic (exact) mass is 394 g/mol. The van der Waals surface area contributed by atoms with Crippen LogP contribution in [-0.4, -0.2) is 37.5 Å². The van der Waals surface area contributed by atoms with Crippen LogP contribution < -0.4 is 5.32 Å². The molecule has 1 aromatic carbocycles. The zero-order valence-corrected chi connectivity index (χ0v) is 14.0. The van der Waals surface area contributed by atoms with Crippen LogP contribution in [0.5, 0.6) is 0 Å². The molecule has 1 fully saturated rings.